The molecular weight excluding hydrogens is 715 g/mol. The van der Waals surface area contributed by atoms with E-state index in [1.807, 2.05) is 0 Å². The fraction of sp³-hybridized carbons (Fsp3) is 0.857. The van der Waals surface area contributed by atoms with Crippen LogP contribution < -0.4 is 5.11 Å². The van der Waals surface area contributed by atoms with Gasteiger partial charge in [-0.3, -0.25) is 9.59 Å². The molecule has 0 rings (SSSR count). The molecule has 2 atom stereocenters. The fourth-order valence-corrected chi connectivity index (χ4v) is 7.12. The van der Waals surface area contributed by atoms with Gasteiger partial charge in [0.1, 0.15) is 12.6 Å². The van der Waals surface area contributed by atoms with Gasteiger partial charge in [-0.2, -0.15) is 0 Å². The smallest absolute Gasteiger partial charge is 0.306 e. The number of allylic oxidation sites excluding steroid dienone is 4. The van der Waals surface area contributed by atoms with Crippen LogP contribution in [0.3, 0.4) is 0 Å². The van der Waals surface area contributed by atoms with Crippen LogP contribution in [-0.4, -0.2) is 75.5 Å². The zero-order valence-corrected chi connectivity index (χ0v) is 38.0. The molecule has 8 nitrogen and oxygen atoms in total. The van der Waals surface area contributed by atoms with E-state index in [0.29, 0.717) is 12.8 Å². The number of quaternary nitrogens is 1. The minimum Gasteiger partial charge on any atom is -0.544 e. The van der Waals surface area contributed by atoms with Gasteiger partial charge < -0.3 is 28.6 Å². The van der Waals surface area contributed by atoms with Crippen molar-refractivity contribution in [2.75, 3.05) is 41.0 Å². The zero-order chi connectivity index (χ0) is 42.1. The lowest BCUT2D eigenvalue weighted by Gasteiger charge is -2.34. The molecule has 0 aliphatic rings. The lowest BCUT2D eigenvalue weighted by molar-refractivity contribution is -0.889. The molecule has 0 bridgehead atoms. The molecule has 0 spiro atoms. The Kier molecular flexibility index (Phi) is 39.0. The number of nitrogens with zero attached hydrogens (tertiary/aromatic N) is 1. The molecule has 0 amide bonds. The molecule has 0 saturated heterocycles. The summed E-state index contributed by atoms with van der Waals surface area (Å²) in [6, 6.07) is -0.727. The number of likely N-dealkylation sites (N-methyl/N-ethyl adjacent to an activating group) is 1. The second-order valence-corrected chi connectivity index (χ2v) is 17.4. The number of carbonyl (C=O) groups excluding carboxylic acids is 3. The third kappa shape index (κ3) is 39.1. The molecule has 0 aliphatic carbocycles. The number of esters is 2. The predicted molar refractivity (Wildman–Crippen MR) is 236 cm³/mol. The van der Waals surface area contributed by atoms with Crippen molar-refractivity contribution in [2.45, 2.75) is 231 Å². The molecule has 0 aromatic rings. The van der Waals surface area contributed by atoms with Gasteiger partial charge in [-0.05, 0) is 38.5 Å². The SMILES string of the molecule is CCCCCCCCC/C=C/C=C/CCCCCC(=O)OCC(COCCC(C(=O)[O-])[N+](C)(C)C)OC(=O)CCCCCCCCCCCCCCCCCCC. The summed E-state index contributed by atoms with van der Waals surface area (Å²) in [6.07, 6.45) is 44.9. The summed E-state index contributed by atoms with van der Waals surface area (Å²) >= 11 is 0. The number of ether oxygens (including phenoxy) is 3. The van der Waals surface area contributed by atoms with Crippen LogP contribution in [0.25, 0.3) is 0 Å². The molecule has 0 heterocycles. The van der Waals surface area contributed by atoms with Gasteiger partial charge in [0.05, 0.1) is 40.3 Å². The number of carboxylic acid groups (broad SMARTS) is 1. The van der Waals surface area contributed by atoms with Gasteiger partial charge in [-0.15, -0.1) is 0 Å². The third-order valence-corrected chi connectivity index (χ3v) is 10.9. The molecule has 0 aromatic heterocycles. The number of hydrogen-bond acceptors (Lipinski definition) is 7. The molecule has 0 aliphatic heterocycles. The van der Waals surface area contributed by atoms with Crippen LogP contribution in [0.4, 0.5) is 0 Å². The monoisotopic (exact) mass is 806 g/mol. The van der Waals surface area contributed by atoms with Crippen molar-refractivity contribution in [1.82, 2.24) is 0 Å². The van der Waals surface area contributed by atoms with E-state index in [1.54, 1.807) is 21.1 Å². The number of aliphatic carboxylic acids is 1. The maximum Gasteiger partial charge on any atom is 0.306 e. The average Bonchev–Trinajstić information content (AvgIpc) is 3.17. The van der Waals surface area contributed by atoms with Crippen molar-refractivity contribution >= 4 is 17.9 Å². The third-order valence-electron chi connectivity index (χ3n) is 10.9. The lowest BCUT2D eigenvalue weighted by atomic mass is 10.0. The highest BCUT2D eigenvalue weighted by Crippen LogP contribution is 2.16. The van der Waals surface area contributed by atoms with E-state index in [1.165, 1.54) is 135 Å². The largest absolute Gasteiger partial charge is 0.544 e. The van der Waals surface area contributed by atoms with E-state index >= 15 is 0 Å². The van der Waals surface area contributed by atoms with E-state index in [2.05, 4.69) is 38.2 Å². The average molecular weight is 806 g/mol. The fourth-order valence-electron chi connectivity index (χ4n) is 7.12. The molecule has 0 N–H and O–H groups in total. The van der Waals surface area contributed by atoms with Crippen LogP contribution in [0, 0.1) is 0 Å². The zero-order valence-electron chi connectivity index (χ0n) is 38.0. The molecule has 334 valence electrons. The Morgan fingerprint density at radius 1 is 0.526 bits per heavy atom. The number of carbonyl (C=O) groups is 3. The Morgan fingerprint density at radius 3 is 1.33 bits per heavy atom. The Bertz CT molecular complexity index is 989. The molecular formula is C49H91NO7. The maximum atomic E-state index is 12.7. The topological polar surface area (TPSA) is 102 Å². The van der Waals surface area contributed by atoms with Crippen molar-refractivity contribution in [2.24, 2.45) is 0 Å². The lowest BCUT2D eigenvalue weighted by Crippen LogP contribution is -2.55. The summed E-state index contributed by atoms with van der Waals surface area (Å²) < 4.78 is 17.2. The van der Waals surface area contributed by atoms with Gasteiger partial charge >= 0.3 is 11.9 Å². The summed E-state index contributed by atoms with van der Waals surface area (Å²) in [5, 5.41) is 11.6. The van der Waals surface area contributed by atoms with Crippen LogP contribution in [0.2, 0.25) is 0 Å². The summed E-state index contributed by atoms with van der Waals surface area (Å²) in [6.45, 7) is 4.66. The first kappa shape index (κ1) is 54.8. The number of hydrogen-bond donors (Lipinski definition) is 0. The van der Waals surface area contributed by atoms with Crippen LogP contribution >= 0.6 is 0 Å². The molecule has 0 aromatic carbocycles. The highest BCUT2D eigenvalue weighted by Gasteiger charge is 2.25. The molecule has 57 heavy (non-hydrogen) atoms. The van der Waals surface area contributed by atoms with Gasteiger partial charge in [0.25, 0.3) is 0 Å². The Labute approximate surface area is 351 Å². The van der Waals surface area contributed by atoms with Crippen molar-refractivity contribution < 1.29 is 38.2 Å². The van der Waals surface area contributed by atoms with Crippen LogP contribution in [0.5, 0.6) is 0 Å². The second kappa shape index (κ2) is 40.6. The van der Waals surface area contributed by atoms with Crippen LogP contribution in [-0.2, 0) is 28.6 Å². The van der Waals surface area contributed by atoms with Crippen molar-refractivity contribution in [3.63, 3.8) is 0 Å². The minimum atomic E-state index is -1.13. The van der Waals surface area contributed by atoms with E-state index in [4.69, 9.17) is 14.2 Å². The Morgan fingerprint density at radius 2 is 0.912 bits per heavy atom. The van der Waals surface area contributed by atoms with Crippen molar-refractivity contribution in [3.8, 4) is 0 Å². The number of carboxylic acids is 1. The van der Waals surface area contributed by atoms with E-state index in [9.17, 15) is 19.5 Å². The van der Waals surface area contributed by atoms with Crippen molar-refractivity contribution in [3.05, 3.63) is 24.3 Å². The van der Waals surface area contributed by atoms with Crippen LogP contribution in [0.15, 0.2) is 24.3 Å². The summed E-state index contributed by atoms with van der Waals surface area (Å²) in [4.78, 5) is 36.9. The second-order valence-electron chi connectivity index (χ2n) is 17.4. The summed E-state index contributed by atoms with van der Waals surface area (Å²) in [7, 11) is 5.41. The van der Waals surface area contributed by atoms with E-state index in [0.717, 1.165) is 51.4 Å². The van der Waals surface area contributed by atoms with E-state index < -0.39 is 18.1 Å². The summed E-state index contributed by atoms with van der Waals surface area (Å²) in [5.41, 5.74) is 0. The highest BCUT2D eigenvalue weighted by atomic mass is 16.6. The van der Waals surface area contributed by atoms with Gasteiger partial charge in [-0.25, -0.2) is 0 Å². The number of unbranched alkanes of at least 4 members (excludes halogenated alkanes) is 26. The Balaban J connectivity index is 4.32. The van der Waals surface area contributed by atoms with Crippen molar-refractivity contribution in [1.29, 1.82) is 0 Å². The first-order chi connectivity index (χ1) is 27.6. The standard InChI is InChI=1S/C49H91NO7/c1-6-8-10-12-14-16-18-20-22-24-26-28-30-32-34-36-38-40-48(52)57-45(43-55-42-41-46(49(53)54)50(3,4)5)44-56-47(51)39-37-35-33-31-29-27-25-23-21-19-17-15-13-11-9-7-2/h23,25,27,29,45-46H,6-22,24,26,28,30-44H2,1-5H3/b25-23+,29-27+. The molecule has 0 radical (unpaired) electrons. The molecule has 2 unspecified atom stereocenters. The maximum absolute atomic E-state index is 12.7. The van der Waals surface area contributed by atoms with Gasteiger partial charge in [0.15, 0.2) is 6.10 Å². The number of rotatable bonds is 43. The molecule has 0 saturated carbocycles. The Hall–Kier alpha value is -2.19. The molecule has 8 heteroatoms. The van der Waals surface area contributed by atoms with E-state index in [-0.39, 0.29) is 42.7 Å². The van der Waals surface area contributed by atoms with Gasteiger partial charge in [-0.1, -0.05) is 186 Å². The van der Waals surface area contributed by atoms with Crippen LogP contribution in [0.1, 0.15) is 219 Å². The minimum absolute atomic E-state index is 0.0365. The highest BCUT2D eigenvalue weighted by molar-refractivity contribution is 5.70. The predicted octanol–water partition coefficient (Wildman–Crippen LogP) is 11.9. The van der Waals surface area contributed by atoms with Gasteiger partial charge in [0.2, 0.25) is 0 Å². The normalized spacial score (nSPS) is 13.1. The van der Waals surface area contributed by atoms with Gasteiger partial charge in [0, 0.05) is 19.3 Å². The summed E-state index contributed by atoms with van der Waals surface area (Å²) in [5.74, 6) is -1.76. The molecule has 0 fully saturated rings. The quantitative estimate of drug-likeness (QED) is 0.0262. The first-order valence-electron chi connectivity index (χ1n) is 23.9. The first-order valence-corrected chi connectivity index (χ1v) is 23.9.